The molecule has 0 amide bonds. The van der Waals surface area contributed by atoms with Gasteiger partial charge in [0.25, 0.3) is 0 Å². The average Bonchev–Trinajstić information content (AvgIpc) is 3.04. The summed E-state index contributed by atoms with van der Waals surface area (Å²) in [7, 11) is 0. The third-order valence-electron chi connectivity index (χ3n) is 5.25. The van der Waals surface area contributed by atoms with Crippen molar-refractivity contribution < 1.29 is 4.39 Å². The molecule has 0 fully saturated rings. The highest BCUT2D eigenvalue weighted by Crippen LogP contribution is 2.28. The molecule has 2 heterocycles. The van der Waals surface area contributed by atoms with E-state index in [0.717, 1.165) is 54.4 Å². The maximum absolute atomic E-state index is 13.4. The number of hydrogen-bond acceptors (Lipinski definition) is 5. The zero-order valence-corrected chi connectivity index (χ0v) is 18.9. The SMILES string of the molecule is CCCn1c(-c2ccc(F)cc2)nc2c(NCCN(C(C)C)C(C)C)nc(C)nc21. The lowest BCUT2D eigenvalue weighted by atomic mass is 10.2. The Morgan fingerprint density at radius 2 is 1.70 bits per heavy atom. The van der Waals surface area contributed by atoms with Crippen molar-refractivity contribution in [3.63, 3.8) is 0 Å². The van der Waals surface area contributed by atoms with Gasteiger partial charge in [0.05, 0.1) is 0 Å². The summed E-state index contributed by atoms with van der Waals surface area (Å²) in [5, 5.41) is 3.48. The highest BCUT2D eigenvalue weighted by Gasteiger charge is 2.19. The Balaban J connectivity index is 1.97. The van der Waals surface area contributed by atoms with E-state index in [0.29, 0.717) is 17.9 Å². The molecular weight excluding hydrogens is 379 g/mol. The Morgan fingerprint density at radius 1 is 1.03 bits per heavy atom. The largest absolute Gasteiger partial charge is 0.367 e. The van der Waals surface area contributed by atoms with E-state index in [1.54, 1.807) is 12.1 Å². The van der Waals surface area contributed by atoms with Crippen molar-refractivity contribution in [3.05, 3.63) is 35.9 Å². The third kappa shape index (κ3) is 4.78. The summed E-state index contributed by atoms with van der Waals surface area (Å²) in [6.45, 7) is 15.4. The van der Waals surface area contributed by atoms with Crippen molar-refractivity contribution >= 4 is 17.0 Å². The first-order chi connectivity index (χ1) is 14.3. The summed E-state index contributed by atoms with van der Waals surface area (Å²) < 4.78 is 15.5. The molecule has 0 radical (unpaired) electrons. The molecule has 1 N–H and O–H groups in total. The zero-order chi connectivity index (χ0) is 21.8. The van der Waals surface area contributed by atoms with Crippen LogP contribution < -0.4 is 5.32 Å². The highest BCUT2D eigenvalue weighted by molar-refractivity contribution is 5.86. The van der Waals surface area contributed by atoms with Crippen LogP contribution in [0.15, 0.2) is 24.3 Å². The molecule has 1 aromatic carbocycles. The maximum atomic E-state index is 13.4. The van der Waals surface area contributed by atoms with Crippen LogP contribution in [0.4, 0.5) is 10.2 Å². The Hall–Kier alpha value is -2.54. The molecule has 0 aliphatic rings. The van der Waals surface area contributed by atoms with E-state index in [2.05, 4.69) is 59.4 Å². The summed E-state index contributed by atoms with van der Waals surface area (Å²) >= 11 is 0. The van der Waals surface area contributed by atoms with E-state index in [4.69, 9.17) is 4.98 Å². The summed E-state index contributed by atoms with van der Waals surface area (Å²) in [5.41, 5.74) is 2.45. The molecule has 30 heavy (non-hydrogen) atoms. The number of hydrogen-bond donors (Lipinski definition) is 1. The van der Waals surface area contributed by atoms with E-state index >= 15 is 0 Å². The predicted molar refractivity (Wildman–Crippen MR) is 121 cm³/mol. The van der Waals surface area contributed by atoms with Gasteiger partial charge < -0.3 is 9.88 Å². The molecule has 0 spiro atoms. The van der Waals surface area contributed by atoms with Crippen LogP contribution in [0, 0.1) is 12.7 Å². The molecule has 0 saturated heterocycles. The number of nitrogens with one attached hydrogen (secondary N) is 1. The maximum Gasteiger partial charge on any atom is 0.166 e. The molecule has 2 aromatic heterocycles. The molecule has 0 bridgehead atoms. The van der Waals surface area contributed by atoms with E-state index < -0.39 is 0 Å². The number of aryl methyl sites for hydroxylation is 2. The fourth-order valence-corrected chi connectivity index (χ4v) is 3.90. The van der Waals surface area contributed by atoms with Gasteiger partial charge in [0.1, 0.15) is 17.5 Å². The number of anilines is 1. The molecule has 3 rings (SSSR count). The summed E-state index contributed by atoms with van der Waals surface area (Å²) in [6, 6.07) is 7.42. The number of halogens is 1. The van der Waals surface area contributed by atoms with Gasteiger partial charge in [-0.05, 0) is 65.3 Å². The smallest absolute Gasteiger partial charge is 0.166 e. The zero-order valence-electron chi connectivity index (χ0n) is 18.9. The highest BCUT2D eigenvalue weighted by atomic mass is 19.1. The van der Waals surface area contributed by atoms with Crippen LogP contribution >= 0.6 is 0 Å². The molecule has 162 valence electrons. The number of nitrogens with zero attached hydrogens (tertiary/aromatic N) is 5. The molecule has 0 aliphatic heterocycles. The second-order valence-electron chi connectivity index (χ2n) is 8.24. The van der Waals surface area contributed by atoms with Crippen molar-refractivity contribution in [1.82, 2.24) is 24.4 Å². The lowest BCUT2D eigenvalue weighted by molar-refractivity contribution is 0.182. The quantitative estimate of drug-likeness (QED) is 0.543. The number of aromatic nitrogens is 4. The lowest BCUT2D eigenvalue weighted by Gasteiger charge is -2.30. The van der Waals surface area contributed by atoms with Gasteiger partial charge in [0.2, 0.25) is 0 Å². The molecule has 6 nitrogen and oxygen atoms in total. The molecule has 7 heteroatoms. The van der Waals surface area contributed by atoms with Gasteiger partial charge in [-0.15, -0.1) is 0 Å². The normalized spacial score (nSPS) is 11.9. The lowest BCUT2D eigenvalue weighted by Crippen LogP contribution is -2.40. The predicted octanol–water partition coefficient (Wildman–Crippen LogP) is 4.88. The van der Waals surface area contributed by atoms with Crippen LogP contribution in [0.3, 0.4) is 0 Å². The first-order valence-electron chi connectivity index (χ1n) is 10.8. The van der Waals surface area contributed by atoms with Gasteiger partial charge in [-0.1, -0.05) is 6.92 Å². The van der Waals surface area contributed by atoms with Crippen LogP contribution in [0.2, 0.25) is 0 Å². The molecule has 0 unspecified atom stereocenters. The average molecular weight is 413 g/mol. The molecule has 0 saturated carbocycles. The third-order valence-corrected chi connectivity index (χ3v) is 5.25. The fourth-order valence-electron chi connectivity index (χ4n) is 3.90. The standard InChI is InChI=1S/C23H33FN6/c1-7-13-30-22(18-8-10-19(24)11-9-18)28-20-21(26-17(6)27-23(20)30)25-12-14-29(15(2)3)16(4)5/h8-11,15-16H,7,12-14H2,1-6H3,(H,25,26,27). The Kier molecular flexibility index (Phi) is 7.02. The minimum atomic E-state index is -0.255. The van der Waals surface area contributed by atoms with Gasteiger partial charge in [0, 0.05) is 37.3 Å². The van der Waals surface area contributed by atoms with E-state index in [9.17, 15) is 4.39 Å². The fraction of sp³-hybridized carbons (Fsp3) is 0.522. The van der Waals surface area contributed by atoms with Crippen molar-refractivity contribution in [2.75, 3.05) is 18.4 Å². The molecule has 0 aliphatic carbocycles. The number of imidazole rings is 1. The number of benzene rings is 1. The second-order valence-corrected chi connectivity index (χ2v) is 8.24. The first kappa shape index (κ1) is 22.2. The number of rotatable bonds is 9. The van der Waals surface area contributed by atoms with E-state index in [-0.39, 0.29) is 5.82 Å². The minimum Gasteiger partial charge on any atom is -0.367 e. The first-order valence-corrected chi connectivity index (χ1v) is 10.8. The number of fused-ring (bicyclic) bond motifs is 1. The minimum absolute atomic E-state index is 0.255. The molecular formula is C23H33FN6. The van der Waals surface area contributed by atoms with Gasteiger partial charge >= 0.3 is 0 Å². The van der Waals surface area contributed by atoms with Crippen LogP contribution in [0.1, 0.15) is 46.9 Å². The van der Waals surface area contributed by atoms with Gasteiger partial charge in [-0.3, -0.25) is 4.90 Å². The Labute approximate surface area is 178 Å². The van der Waals surface area contributed by atoms with Crippen molar-refractivity contribution in [2.24, 2.45) is 0 Å². The summed E-state index contributed by atoms with van der Waals surface area (Å²) in [6.07, 6.45) is 0.948. The van der Waals surface area contributed by atoms with Crippen LogP contribution in [0.5, 0.6) is 0 Å². The topological polar surface area (TPSA) is 58.9 Å². The van der Waals surface area contributed by atoms with Crippen LogP contribution in [0.25, 0.3) is 22.6 Å². The van der Waals surface area contributed by atoms with Gasteiger partial charge in [-0.2, -0.15) is 0 Å². The van der Waals surface area contributed by atoms with Crippen molar-refractivity contribution in [1.29, 1.82) is 0 Å². The van der Waals surface area contributed by atoms with Crippen molar-refractivity contribution in [2.45, 2.75) is 66.6 Å². The van der Waals surface area contributed by atoms with Gasteiger partial charge in [0.15, 0.2) is 17.0 Å². The molecule has 0 atom stereocenters. The summed E-state index contributed by atoms with van der Waals surface area (Å²) in [4.78, 5) is 16.6. The monoisotopic (exact) mass is 412 g/mol. The summed E-state index contributed by atoms with van der Waals surface area (Å²) in [5.74, 6) is 2.00. The van der Waals surface area contributed by atoms with Gasteiger partial charge in [-0.25, -0.2) is 19.3 Å². The Bertz CT molecular complexity index is 970. The Morgan fingerprint density at radius 3 is 2.30 bits per heavy atom. The molecule has 3 aromatic rings. The van der Waals surface area contributed by atoms with Crippen molar-refractivity contribution in [3.8, 4) is 11.4 Å². The van der Waals surface area contributed by atoms with E-state index in [1.807, 2.05) is 6.92 Å². The second kappa shape index (κ2) is 9.51. The van der Waals surface area contributed by atoms with Crippen LogP contribution in [-0.4, -0.2) is 49.6 Å². The van der Waals surface area contributed by atoms with Crippen LogP contribution in [-0.2, 0) is 6.54 Å². The van der Waals surface area contributed by atoms with E-state index in [1.165, 1.54) is 12.1 Å².